The second-order valence-corrected chi connectivity index (χ2v) is 5.93. The molecule has 0 saturated carbocycles. The molecule has 2 aromatic carbocycles. The van der Waals surface area contributed by atoms with E-state index in [1.165, 1.54) is 12.1 Å². The number of anilines is 1. The van der Waals surface area contributed by atoms with E-state index < -0.39 is 0 Å². The van der Waals surface area contributed by atoms with Gasteiger partial charge in [0.05, 0.1) is 10.0 Å². The summed E-state index contributed by atoms with van der Waals surface area (Å²) in [6.45, 7) is 1.84. The summed E-state index contributed by atoms with van der Waals surface area (Å²) in [5.41, 5.74) is 1.81. The second-order valence-electron chi connectivity index (χ2n) is 4.20. The van der Waals surface area contributed by atoms with Gasteiger partial charge >= 0.3 is 0 Å². The van der Waals surface area contributed by atoms with Crippen molar-refractivity contribution in [1.82, 2.24) is 0 Å². The van der Waals surface area contributed by atoms with Crippen LogP contribution in [-0.4, -0.2) is 11.0 Å². The monoisotopic (exact) mass is 373 g/mol. The number of benzene rings is 2. The van der Waals surface area contributed by atoms with Crippen molar-refractivity contribution in [3.8, 4) is 5.75 Å². The van der Waals surface area contributed by atoms with Gasteiger partial charge in [-0.2, -0.15) is 0 Å². The minimum Gasteiger partial charge on any atom is -0.505 e. The Kier molecular flexibility index (Phi) is 4.58. The molecule has 0 atom stereocenters. The van der Waals surface area contributed by atoms with Crippen LogP contribution in [0, 0.1) is 6.92 Å². The van der Waals surface area contributed by atoms with E-state index in [1.54, 1.807) is 12.1 Å². The maximum absolute atomic E-state index is 12.2. The standard InChI is InChI=1S/C14H10BrCl2NO2/c1-7-4-8(15)2-3-10(7)14(20)18-9-5-11(16)13(19)12(17)6-9/h2-6,19H,1H3,(H,18,20). The molecule has 20 heavy (non-hydrogen) atoms. The van der Waals surface area contributed by atoms with Gasteiger partial charge in [0.25, 0.3) is 5.91 Å². The largest absolute Gasteiger partial charge is 0.505 e. The average molecular weight is 375 g/mol. The summed E-state index contributed by atoms with van der Waals surface area (Å²) in [5, 5.41) is 12.3. The van der Waals surface area contributed by atoms with Crippen LogP contribution in [0.1, 0.15) is 15.9 Å². The van der Waals surface area contributed by atoms with Crippen LogP contribution in [-0.2, 0) is 0 Å². The number of rotatable bonds is 2. The van der Waals surface area contributed by atoms with E-state index in [-0.39, 0.29) is 21.7 Å². The van der Waals surface area contributed by atoms with E-state index in [9.17, 15) is 9.90 Å². The van der Waals surface area contributed by atoms with Crippen LogP contribution in [0.2, 0.25) is 10.0 Å². The molecule has 2 N–H and O–H groups in total. The van der Waals surface area contributed by atoms with Gasteiger partial charge in [0, 0.05) is 15.7 Å². The molecule has 0 saturated heterocycles. The molecular formula is C14H10BrCl2NO2. The number of hydrogen-bond donors (Lipinski definition) is 2. The maximum atomic E-state index is 12.2. The Balaban J connectivity index is 2.28. The fourth-order valence-electron chi connectivity index (χ4n) is 1.72. The van der Waals surface area contributed by atoms with Gasteiger partial charge in [-0.25, -0.2) is 0 Å². The molecule has 0 aliphatic heterocycles. The van der Waals surface area contributed by atoms with Crippen molar-refractivity contribution in [2.75, 3.05) is 5.32 Å². The van der Waals surface area contributed by atoms with Crippen LogP contribution in [0.15, 0.2) is 34.8 Å². The van der Waals surface area contributed by atoms with Crippen molar-refractivity contribution in [1.29, 1.82) is 0 Å². The van der Waals surface area contributed by atoms with Gasteiger partial charge in [0.2, 0.25) is 0 Å². The fraction of sp³-hybridized carbons (Fsp3) is 0.0714. The van der Waals surface area contributed by atoms with E-state index in [0.717, 1.165) is 10.0 Å². The van der Waals surface area contributed by atoms with Gasteiger partial charge in [0.1, 0.15) is 0 Å². The molecule has 0 aliphatic carbocycles. The van der Waals surface area contributed by atoms with Crippen LogP contribution in [0.5, 0.6) is 5.75 Å². The first-order chi connectivity index (χ1) is 9.38. The summed E-state index contributed by atoms with van der Waals surface area (Å²) in [7, 11) is 0. The number of aromatic hydroxyl groups is 1. The number of phenols is 1. The molecule has 104 valence electrons. The summed E-state index contributed by atoms with van der Waals surface area (Å²) in [5.74, 6) is -0.473. The predicted molar refractivity (Wildman–Crippen MR) is 85.0 cm³/mol. The number of carbonyl (C=O) groups is 1. The molecule has 0 aliphatic rings. The molecule has 0 spiro atoms. The highest BCUT2D eigenvalue weighted by atomic mass is 79.9. The zero-order chi connectivity index (χ0) is 14.9. The Labute approximate surface area is 134 Å². The van der Waals surface area contributed by atoms with E-state index >= 15 is 0 Å². The zero-order valence-electron chi connectivity index (χ0n) is 10.4. The van der Waals surface area contributed by atoms with Crippen LogP contribution in [0.25, 0.3) is 0 Å². The SMILES string of the molecule is Cc1cc(Br)ccc1C(=O)Nc1cc(Cl)c(O)c(Cl)c1. The first-order valence-corrected chi connectivity index (χ1v) is 7.19. The molecule has 6 heteroatoms. The van der Waals surface area contributed by atoms with Crippen molar-refractivity contribution in [2.24, 2.45) is 0 Å². The number of halogens is 3. The Morgan fingerprint density at radius 2 is 1.80 bits per heavy atom. The van der Waals surface area contributed by atoms with E-state index in [0.29, 0.717) is 11.3 Å². The highest BCUT2D eigenvalue weighted by molar-refractivity contribution is 9.10. The predicted octanol–water partition coefficient (Wildman–Crippen LogP) is 5.02. The van der Waals surface area contributed by atoms with Gasteiger partial charge in [-0.1, -0.05) is 39.1 Å². The third kappa shape index (κ3) is 3.26. The lowest BCUT2D eigenvalue weighted by Gasteiger charge is -2.10. The topological polar surface area (TPSA) is 49.3 Å². The third-order valence-corrected chi connectivity index (χ3v) is 3.78. The summed E-state index contributed by atoms with van der Waals surface area (Å²) in [6.07, 6.45) is 0. The zero-order valence-corrected chi connectivity index (χ0v) is 13.5. The van der Waals surface area contributed by atoms with Gasteiger partial charge in [0.15, 0.2) is 5.75 Å². The lowest BCUT2D eigenvalue weighted by Crippen LogP contribution is -2.13. The molecule has 0 fully saturated rings. The Morgan fingerprint density at radius 1 is 1.20 bits per heavy atom. The Morgan fingerprint density at radius 3 is 2.35 bits per heavy atom. The Bertz CT molecular complexity index is 666. The number of amides is 1. The summed E-state index contributed by atoms with van der Waals surface area (Å²) >= 11 is 15.0. The quantitative estimate of drug-likeness (QED) is 0.725. The molecule has 2 rings (SSSR count). The molecule has 0 radical (unpaired) electrons. The van der Waals surface area contributed by atoms with Crippen LogP contribution in [0.3, 0.4) is 0 Å². The minimum atomic E-state index is -0.271. The number of phenolic OH excluding ortho intramolecular Hbond substituents is 1. The Hall–Kier alpha value is -1.23. The summed E-state index contributed by atoms with van der Waals surface area (Å²) < 4.78 is 0.905. The number of aryl methyl sites for hydroxylation is 1. The first kappa shape index (κ1) is 15.2. The number of hydrogen-bond acceptors (Lipinski definition) is 2. The molecular weight excluding hydrogens is 365 g/mol. The first-order valence-electron chi connectivity index (χ1n) is 5.64. The van der Waals surface area contributed by atoms with E-state index in [2.05, 4.69) is 21.2 Å². The fourth-order valence-corrected chi connectivity index (χ4v) is 2.68. The molecule has 3 nitrogen and oxygen atoms in total. The van der Waals surface area contributed by atoms with Crippen molar-refractivity contribution in [3.05, 3.63) is 56.0 Å². The second kappa shape index (κ2) is 6.04. The van der Waals surface area contributed by atoms with E-state index in [1.807, 2.05) is 13.0 Å². The normalized spacial score (nSPS) is 10.4. The van der Waals surface area contributed by atoms with Crippen molar-refractivity contribution < 1.29 is 9.90 Å². The van der Waals surface area contributed by atoms with Crippen molar-refractivity contribution in [3.63, 3.8) is 0 Å². The maximum Gasteiger partial charge on any atom is 0.255 e. The molecule has 0 unspecified atom stereocenters. The number of nitrogens with one attached hydrogen (secondary N) is 1. The smallest absolute Gasteiger partial charge is 0.255 e. The molecule has 2 aromatic rings. The van der Waals surface area contributed by atoms with Gasteiger partial charge in [-0.05, 0) is 42.8 Å². The third-order valence-electron chi connectivity index (χ3n) is 2.71. The van der Waals surface area contributed by atoms with Crippen LogP contribution < -0.4 is 5.32 Å². The lowest BCUT2D eigenvalue weighted by atomic mass is 10.1. The van der Waals surface area contributed by atoms with E-state index in [4.69, 9.17) is 23.2 Å². The highest BCUT2D eigenvalue weighted by Gasteiger charge is 2.12. The minimum absolute atomic E-state index is 0.0836. The summed E-state index contributed by atoms with van der Waals surface area (Å²) in [4.78, 5) is 12.2. The number of carbonyl (C=O) groups excluding carboxylic acids is 1. The van der Waals surface area contributed by atoms with Gasteiger partial charge in [-0.15, -0.1) is 0 Å². The van der Waals surface area contributed by atoms with Crippen molar-refractivity contribution >= 4 is 50.7 Å². The summed E-state index contributed by atoms with van der Waals surface area (Å²) in [6, 6.07) is 8.24. The van der Waals surface area contributed by atoms with Crippen LogP contribution in [0.4, 0.5) is 5.69 Å². The highest BCUT2D eigenvalue weighted by Crippen LogP contribution is 2.34. The molecule has 1 amide bonds. The van der Waals surface area contributed by atoms with Crippen LogP contribution >= 0.6 is 39.1 Å². The van der Waals surface area contributed by atoms with Gasteiger partial charge in [-0.3, -0.25) is 4.79 Å². The average Bonchev–Trinajstić information content (AvgIpc) is 2.35. The molecule has 0 aromatic heterocycles. The van der Waals surface area contributed by atoms with Gasteiger partial charge < -0.3 is 10.4 Å². The molecule has 0 bridgehead atoms. The lowest BCUT2D eigenvalue weighted by molar-refractivity contribution is 0.102. The van der Waals surface area contributed by atoms with Crippen molar-refractivity contribution in [2.45, 2.75) is 6.92 Å². The molecule has 0 heterocycles.